The van der Waals surface area contributed by atoms with Crippen LogP contribution in [0.25, 0.3) is 0 Å². The van der Waals surface area contributed by atoms with E-state index in [2.05, 4.69) is 27.8 Å². The van der Waals surface area contributed by atoms with Crippen molar-refractivity contribution in [1.82, 2.24) is 0 Å². The summed E-state index contributed by atoms with van der Waals surface area (Å²) in [5.74, 6) is 6.25. The van der Waals surface area contributed by atoms with Gasteiger partial charge in [0, 0.05) is 16.6 Å². The SMILES string of the molecule is Brc1ccc(C#C[C@@H]2CCCO2)cc1. The van der Waals surface area contributed by atoms with Gasteiger partial charge in [-0.1, -0.05) is 27.8 Å². The van der Waals surface area contributed by atoms with Crippen LogP contribution in [0.15, 0.2) is 28.7 Å². The fourth-order valence-electron chi connectivity index (χ4n) is 1.39. The molecule has 0 saturated carbocycles. The molecule has 14 heavy (non-hydrogen) atoms. The Labute approximate surface area is 92.6 Å². The van der Waals surface area contributed by atoms with Crippen LogP contribution in [0.1, 0.15) is 18.4 Å². The Bertz CT molecular complexity index is 352. The van der Waals surface area contributed by atoms with Gasteiger partial charge in [-0.05, 0) is 37.1 Å². The Balaban J connectivity index is 2.05. The molecule has 0 aromatic heterocycles. The molecule has 1 heterocycles. The lowest BCUT2D eigenvalue weighted by molar-refractivity contribution is 0.152. The lowest BCUT2D eigenvalue weighted by atomic mass is 10.2. The zero-order valence-electron chi connectivity index (χ0n) is 7.79. The molecule has 0 aliphatic carbocycles. The Morgan fingerprint density at radius 3 is 2.71 bits per heavy atom. The summed E-state index contributed by atoms with van der Waals surface area (Å²) in [6.45, 7) is 0.861. The Morgan fingerprint density at radius 2 is 2.07 bits per heavy atom. The van der Waals surface area contributed by atoms with Crippen LogP contribution in [0.5, 0.6) is 0 Å². The zero-order chi connectivity index (χ0) is 9.80. The topological polar surface area (TPSA) is 9.23 Å². The molecule has 1 fully saturated rings. The minimum absolute atomic E-state index is 0.152. The molecule has 0 amide bonds. The maximum absolute atomic E-state index is 5.42. The molecule has 0 bridgehead atoms. The van der Waals surface area contributed by atoms with Crippen molar-refractivity contribution in [2.45, 2.75) is 18.9 Å². The van der Waals surface area contributed by atoms with E-state index in [9.17, 15) is 0 Å². The van der Waals surface area contributed by atoms with Crippen molar-refractivity contribution in [2.24, 2.45) is 0 Å². The molecule has 2 rings (SSSR count). The molecule has 1 aliphatic rings. The maximum atomic E-state index is 5.42. The predicted octanol–water partition coefficient (Wildman–Crippen LogP) is 2.98. The number of benzene rings is 1. The van der Waals surface area contributed by atoms with Gasteiger partial charge in [0.1, 0.15) is 6.10 Å². The van der Waals surface area contributed by atoms with Crippen LogP contribution in [-0.2, 0) is 4.74 Å². The first-order valence-electron chi connectivity index (χ1n) is 4.73. The van der Waals surface area contributed by atoms with Crippen molar-refractivity contribution >= 4 is 15.9 Å². The third-order valence-corrected chi connectivity index (χ3v) is 2.68. The Kier molecular flexibility index (Phi) is 3.23. The molecule has 0 radical (unpaired) electrons. The van der Waals surface area contributed by atoms with Crippen LogP contribution in [0.4, 0.5) is 0 Å². The molecule has 0 N–H and O–H groups in total. The smallest absolute Gasteiger partial charge is 0.118 e. The van der Waals surface area contributed by atoms with E-state index in [1.165, 1.54) is 0 Å². The van der Waals surface area contributed by atoms with Crippen LogP contribution in [0, 0.1) is 11.8 Å². The van der Waals surface area contributed by atoms with Crippen LogP contribution in [0.3, 0.4) is 0 Å². The van der Waals surface area contributed by atoms with Crippen molar-refractivity contribution < 1.29 is 4.74 Å². The highest BCUT2D eigenvalue weighted by Crippen LogP contribution is 2.12. The number of halogens is 1. The second-order valence-corrected chi connectivity index (χ2v) is 4.19. The molecule has 1 saturated heterocycles. The molecular weight excluding hydrogens is 240 g/mol. The largest absolute Gasteiger partial charge is 0.366 e. The highest BCUT2D eigenvalue weighted by molar-refractivity contribution is 9.10. The fourth-order valence-corrected chi connectivity index (χ4v) is 1.65. The summed E-state index contributed by atoms with van der Waals surface area (Å²) < 4.78 is 6.50. The first-order valence-corrected chi connectivity index (χ1v) is 5.52. The number of hydrogen-bond donors (Lipinski definition) is 0. The van der Waals surface area contributed by atoms with Gasteiger partial charge in [-0.25, -0.2) is 0 Å². The van der Waals surface area contributed by atoms with Crippen molar-refractivity contribution in [3.05, 3.63) is 34.3 Å². The highest BCUT2D eigenvalue weighted by atomic mass is 79.9. The molecule has 1 aromatic carbocycles. The van der Waals surface area contributed by atoms with E-state index in [1.807, 2.05) is 24.3 Å². The molecule has 1 aromatic rings. The summed E-state index contributed by atoms with van der Waals surface area (Å²) in [7, 11) is 0. The van der Waals surface area contributed by atoms with E-state index >= 15 is 0 Å². The first-order chi connectivity index (χ1) is 6.84. The minimum atomic E-state index is 0.152. The normalized spacial score (nSPS) is 20.2. The predicted molar refractivity (Wildman–Crippen MR) is 60.0 cm³/mol. The molecule has 0 spiro atoms. The molecule has 0 unspecified atom stereocenters. The molecule has 1 nitrogen and oxygen atoms in total. The van der Waals surface area contributed by atoms with E-state index in [0.717, 1.165) is 29.5 Å². The highest BCUT2D eigenvalue weighted by Gasteiger charge is 2.11. The lowest BCUT2D eigenvalue weighted by Crippen LogP contribution is -1.99. The second-order valence-electron chi connectivity index (χ2n) is 3.28. The summed E-state index contributed by atoms with van der Waals surface area (Å²) in [6, 6.07) is 8.01. The van der Waals surface area contributed by atoms with Gasteiger partial charge in [-0.15, -0.1) is 0 Å². The Hall–Kier alpha value is -0.780. The fraction of sp³-hybridized carbons (Fsp3) is 0.333. The van der Waals surface area contributed by atoms with Gasteiger partial charge in [-0.3, -0.25) is 0 Å². The number of rotatable bonds is 0. The van der Waals surface area contributed by atoms with Gasteiger partial charge in [0.25, 0.3) is 0 Å². The van der Waals surface area contributed by atoms with E-state index in [4.69, 9.17) is 4.74 Å². The van der Waals surface area contributed by atoms with E-state index in [1.54, 1.807) is 0 Å². The summed E-state index contributed by atoms with van der Waals surface area (Å²) in [4.78, 5) is 0. The van der Waals surface area contributed by atoms with Gasteiger partial charge >= 0.3 is 0 Å². The zero-order valence-corrected chi connectivity index (χ0v) is 9.38. The molecule has 2 heteroatoms. The van der Waals surface area contributed by atoms with Crippen LogP contribution < -0.4 is 0 Å². The van der Waals surface area contributed by atoms with Gasteiger partial charge in [0.15, 0.2) is 0 Å². The van der Waals surface area contributed by atoms with Gasteiger partial charge in [-0.2, -0.15) is 0 Å². The average molecular weight is 251 g/mol. The van der Waals surface area contributed by atoms with Crippen LogP contribution in [0.2, 0.25) is 0 Å². The molecule has 1 atom stereocenters. The second kappa shape index (κ2) is 4.63. The first kappa shape index (κ1) is 9.76. The Morgan fingerprint density at radius 1 is 1.29 bits per heavy atom. The van der Waals surface area contributed by atoms with E-state index < -0.39 is 0 Å². The van der Waals surface area contributed by atoms with Crippen LogP contribution >= 0.6 is 15.9 Å². The van der Waals surface area contributed by atoms with E-state index in [0.29, 0.717) is 0 Å². The summed E-state index contributed by atoms with van der Waals surface area (Å²) in [6.07, 6.45) is 2.36. The average Bonchev–Trinajstić information content (AvgIpc) is 2.70. The van der Waals surface area contributed by atoms with Crippen molar-refractivity contribution in [2.75, 3.05) is 6.61 Å². The molecule has 1 aliphatic heterocycles. The van der Waals surface area contributed by atoms with Crippen LogP contribution in [-0.4, -0.2) is 12.7 Å². The summed E-state index contributed by atoms with van der Waals surface area (Å²) >= 11 is 3.39. The van der Waals surface area contributed by atoms with Crippen molar-refractivity contribution in [1.29, 1.82) is 0 Å². The quantitative estimate of drug-likeness (QED) is 0.644. The maximum Gasteiger partial charge on any atom is 0.118 e. The van der Waals surface area contributed by atoms with Crippen molar-refractivity contribution in [3.8, 4) is 11.8 Å². The van der Waals surface area contributed by atoms with Gasteiger partial charge < -0.3 is 4.74 Å². The third kappa shape index (κ3) is 2.60. The van der Waals surface area contributed by atoms with Gasteiger partial charge in [0.05, 0.1) is 0 Å². The standard InChI is InChI=1S/C12H11BrO/c13-11-6-3-10(4-7-11)5-8-12-2-1-9-14-12/h3-4,6-7,12H,1-2,9H2/t12-/m0/s1. The summed E-state index contributed by atoms with van der Waals surface area (Å²) in [5.41, 5.74) is 1.05. The lowest BCUT2D eigenvalue weighted by Gasteiger charge is -1.97. The minimum Gasteiger partial charge on any atom is -0.366 e. The van der Waals surface area contributed by atoms with E-state index in [-0.39, 0.29) is 6.10 Å². The third-order valence-electron chi connectivity index (χ3n) is 2.15. The molecular formula is C12H11BrO. The number of ether oxygens (including phenoxy) is 1. The van der Waals surface area contributed by atoms with Crippen molar-refractivity contribution in [3.63, 3.8) is 0 Å². The number of hydrogen-bond acceptors (Lipinski definition) is 1. The summed E-state index contributed by atoms with van der Waals surface area (Å²) in [5, 5.41) is 0. The monoisotopic (exact) mass is 250 g/mol. The van der Waals surface area contributed by atoms with Gasteiger partial charge in [0.2, 0.25) is 0 Å². The molecule has 72 valence electrons.